The molecule has 0 aromatic carbocycles. The van der Waals surface area contributed by atoms with Gasteiger partial charge < -0.3 is 10.4 Å². The molecule has 124 valence electrons. The number of carbonyl (C=O) groups is 2. The minimum atomic E-state index is -1.01. The predicted octanol–water partition coefficient (Wildman–Crippen LogP) is 1.92. The topological polar surface area (TPSA) is 84.2 Å². The number of carbonyl (C=O) groups excluding carboxylic acids is 1. The Kier molecular flexibility index (Phi) is 6.14. The van der Waals surface area contributed by atoms with Crippen molar-refractivity contribution in [3.63, 3.8) is 0 Å². The van der Waals surface area contributed by atoms with E-state index in [4.69, 9.17) is 5.11 Å². The molecule has 0 saturated carbocycles. The summed E-state index contributed by atoms with van der Waals surface area (Å²) in [4.78, 5) is 23.3. The summed E-state index contributed by atoms with van der Waals surface area (Å²) >= 11 is 0. The fraction of sp³-hybridized carbons (Fsp3) is 0.688. The maximum absolute atomic E-state index is 12.2. The molecule has 1 atom stereocenters. The van der Waals surface area contributed by atoms with Crippen molar-refractivity contribution in [2.45, 2.75) is 60.5 Å². The number of aromatic nitrogens is 2. The Balaban J connectivity index is 2.84. The molecule has 0 radical (unpaired) electrons. The van der Waals surface area contributed by atoms with Crippen molar-refractivity contribution < 1.29 is 14.7 Å². The Morgan fingerprint density at radius 3 is 2.27 bits per heavy atom. The molecule has 0 aliphatic carbocycles. The lowest BCUT2D eigenvalue weighted by Crippen LogP contribution is -2.45. The quantitative estimate of drug-likeness (QED) is 0.806. The summed E-state index contributed by atoms with van der Waals surface area (Å²) in [7, 11) is 0. The Morgan fingerprint density at radius 2 is 1.82 bits per heavy atom. The molecular formula is C16H27N3O3. The summed E-state index contributed by atoms with van der Waals surface area (Å²) in [6.07, 6.45) is 0.159. The van der Waals surface area contributed by atoms with E-state index in [1.54, 1.807) is 13.8 Å². The van der Waals surface area contributed by atoms with Crippen LogP contribution in [0.4, 0.5) is 0 Å². The van der Waals surface area contributed by atoms with Crippen LogP contribution in [0.5, 0.6) is 0 Å². The molecule has 0 fully saturated rings. The fourth-order valence-corrected chi connectivity index (χ4v) is 2.41. The van der Waals surface area contributed by atoms with Crippen LogP contribution in [-0.4, -0.2) is 32.8 Å². The molecule has 2 N–H and O–H groups in total. The van der Waals surface area contributed by atoms with Gasteiger partial charge in [-0.25, -0.2) is 4.79 Å². The molecule has 1 aromatic rings. The zero-order valence-corrected chi connectivity index (χ0v) is 14.3. The zero-order valence-electron chi connectivity index (χ0n) is 14.3. The van der Waals surface area contributed by atoms with Crippen LogP contribution in [0.25, 0.3) is 0 Å². The summed E-state index contributed by atoms with van der Waals surface area (Å²) in [5, 5.41) is 16.2. The van der Waals surface area contributed by atoms with Gasteiger partial charge in [0.25, 0.3) is 0 Å². The maximum Gasteiger partial charge on any atom is 0.326 e. The number of hydrogen-bond donors (Lipinski definition) is 2. The van der Waals surface area contributed by atoms with Gasteiger partial charge in [-0.3, -0.25) is 9.48 Å². The Labute approximate surface area is 131 Å². The van der Waals surface area contributed by atoms with E-state index in [9.17, 15) is 9.59 Å². The highest BCUT2D eigenvalue weighted by atomic mass is 16.4. The summed E-state index contributed by atoms with van der Waals surface area (Å²) < 4.78 is 1.92. The summed E-state index contributed by atoms with van der Waals surface area (Å²) in [5.41, 5.74) is 2.67. The summed E-state index contributed by atoms with van der Waals surface area (Å²) in [6, 6.07) is -0.862. The lowest BCUT2D eigenvalue weighted by atomic mass is 10.0. The van der Waals surface area contributed by atoms with Gasteiger partial charge in [0.2, 0.25) is 5.91 Å². The van der Waals surface area contributed by atoms with Crippen molar-refractivity contribution in [2.24, 2.45) is 11.8 Å². The second-order valence-electron chi connectivity index (χ2n) is 6.53. The first-order valence-electron chi connectivity index (χ1n) is 7.68. The van der Waals surface area contributed by atoms with Gasteiger partial charge in [-0.1, -0.05) is 27.7 Å². The van der Waals surface area contributed by atoms with Crippen LogP contribution in [0, 0.1) is 25.7 Å². The maximum atomic E-state index is 12.2. The molecule has 0 spiro atoms. The lowest BCUT2D eigenvalue weighted by Gasteiger charge is -2.18. The van der Waals surface area contributed by atoms with Gasteiger partial charge in [0, 0.05) is 17.8 Å². The SMILES string of the molecule is Cc1nn(CC(C)C)c(C)c1CC(=O)NC(C(=O)O)C(C)C. The molecule has 0 aliphatic heterocycles. The van der Waals surface area contributed by atoms with Crippen LogP contribution in [0.3, 0.4) is 0 Å². The number of carboxylic acid groups (broad SMARTS) is 1. The smallest absolute Gasteiger partial charge is 0.326 e. The third kappa shape index (κ3) is 4.58. The Hall–Kier alpha value is -1.85. The van der Waals surface area contributed by atoms with Crippen LogP contribution in [-0.2, 0) is 22.6 Å². The molecule has 0 aliphatic rings. The molecular weight excluding hydrogens is 282 g/mol. The van der Waals surface area contributed by atoms with Gasteiger partial charge in [0.15, 0.2) is 0 Å². The first kappa shape index (κ1) is 18.2. The lowest BCUT2D eigenvalue weighted by molar-refractivity contribution is -0.143. The van der Waals surface area contributed by atoms with E-state index in [-0.39, 0.29) is 18.2 Å². The van der Waals surface area contributed by atoms with Crippen LogP contribution >= 0.6 is 0 Å². The molecule has 0 bridgehead atoms. The molecule has 1 rings (SSSR count). The first-order valence-corrected chi connectivity index (χ1v) is 7.68. The number of rotatable bonds is 7. The molecule has 1 aromatic heterocycles. The number of carboxylic acids is 1. The van der Waals surface area contributed by atoms with Gasteiger partial charge in [0.1, 0.15) is 6.04 Å². The van der Waals surface area contributed by atoms with Crippen molar-refractivity contribution in [1.29, 1.82) is 0 Å². The van der Waals surface area contributed by atoms with Crippen LogP contribution in [0.1, 0.15) is 44.6 Å². The molecule has 6 heteroatoms. The molecule has 22 heavy (non-hydrogen) atoms. The molecule has 6 nitrogen and oxygen atoms in total. The minimum Gasteiger partial charge on any atom is -0.480 e. The van der Waals surface area contributed by atoms with Crippen molar-refractivity contribution >= 4 is 11.9 Å². The first-order chi connectivity index (χ1) is 10.1. The number of aryl methyl sites for hydroxylation is 1. The van der Waals surface area contributed by atoms with E-state index in [0.717, 1.165) is 23.5 Å². The van der Waals surface area contributed by atoms with Crippen molar-refractivity contribution in [2.75, 3.05) is 0 Å². The van der Waals surface area contributed by atoms with Crippen LogP contribution in [0.2, 0.25) is 0 Å². The molecule has 1 unspecified atom stereocenters. The van der Waals surface area contributed by atoms with Gasteiger partial charge in [0.05, 0.1) is 12.1 Å². The normalized spacial score (nSPS) is 12.7. The third-order valence-electron chi connectivity index (χ3n) is 3.66. The number of amides is 1. The van der Waals surface area contributed by atoms with E-state index < -0.39 is 12.0 Å². The average Bonchev–Trinajstić information content (AvgIpc) is 2.62. The van der Waals surface area contributed by atoms with Gasteiger partial charge in [-0.15, -0.1) is 0 Å². The summed E-state index contributed by atoms with van der Waals surface area (Å²) in [5.74, 6) is -0.979. The second-order valence-corrected chi connectivity index (χ2v) is 6.53. The van der Waals surface area contributed by atoms with E-state index in [0.29, 0.717) is 5.92 Å². The second kappa shape index (κ2) is 7.42. The number of nitrogens with one attached hydrogen (secondary N) is 1. The van der Waals surface area contributed by atoms with Crippen molar-refractivity contribution in [1.82, 2.24) is 15.1 Å². The number of hydrogen-bond acceptors (Lipinski definition) is 3. The number of nitrogens with zero attached hydrogens (tertiary/aromatic N) is 2. The third-order valence-corrected chi connectivity index (χ3v) is 3.66. The average molecular weight is 309 g/mol. The number of aliphatic carboxylic acids is 1. The largest absolute Gasteiger partial charge is 0.480 e. The predicted molar refractivity (Wildman–Crippen MR) is 84.6 cm³/mol. The van der Waals surface area contributed by atoms with Crippen LogP contribution in [0.15, 0.2) is 0 Å². The van der Waals surface area contributed by atoms with E-state index in [1.807, 2.05) is 18.5 Å². The van der Waals surface area contributed by atoms with Crippen molar-refractivity contribution in [3.8, 4) is 0 Å². The summed E-state index contributed by atoms with van der Waals surface area (Å²) in [6.45, 7) is 12.4. The highest BCUT2D eigenvalue weighted by Gasteiger charge is 2.24. The Morgan fingerprint density at radius 1 is 1.23 bits per heavy atom. The highest BCUT2D eigenvalue weighted by Crippen LogP contribution is 2.15. The van der Waals surface area contributed by atoms with Gasteiger partial charge >= 0.3 is 5.97 Å². The highest BCUT2D eigenvalue weighted by molar-refractivity contribution is 5.85. The molecule has 0 saturated heterocycles. The van der Waals surface area contributed by atoms with E-state index >= 15 is 0 Å². The monoisotopic (exact) mass is 309 g/mol. The molecule has 1 amide bonds. The standard InChI is InChI=1S/C16H27N3O3/c1-9(2)8-19-12(6)13(11(5)18-19)7-14(20)17-15(10(3)4)16(21)22/h9-10,15H,7-8H2,1-6H3,(H,17,20)(H,21,22). The van der Waals surface area contributed by atoms with E-state index in [2.05, 4.69) is 24.3 Å². The van der Waals surface area contributed by atoms with Gasteiger partial charge in [-0.2, -0.15) is 5.10 Å². The molecule has 1 heterocycles. The van der Waals surface area contributed by atoms with Crippen LogP contribution < -0.4 is 5.32 Å². The van der Waals surface area contributed by atoms with E-state index in [1.165, 1.54) is 0 Å². The van der Waals surface area contributed by atoms with Crippen molar-refractivity contribution in [3.05, 3.63) is 17.0 Å². The Bertz CT molecular complexity index is 547. The van der Waals surface area contributed by atoms with Gasteiger partial charge in [-0.05, 0) is 25.7 Å². The zero-order chi connectivity index (χ0) is 17.0. The fourth-order valence-electron chi connectivity index (χ4n) is 2.41. The minimum absolute atomic E-state index is 0.159.